The first-order valence-electron chi connectivity index (χ1n) is 8.38. The number of aryl methyl sites for hydroxylation is 1. The van der Waals surface area contributed by atoms with Gasteiger partial charge >= 0.3 is 0 Å². The molecule has 0 amide bonds. The fraction of sp³-hybridized carbons (Fsp3) is 0.579. The Balaban J connectivity index is 1.68. The zero-order valence-corrected chi connectivity index (χ0v) is 14.6. The van der Waals surface area contributed by atoms with Gasteiger partial charge in [-0.1, -0.05) is 25.1 Å². The van der Waals surface area contributed by atoms with E-state index in [0.717, 1.165) is 11.7 Å². The van der Waals surface area contributed by atoms with E-state index in [9.17, 15) is 0 Å². The summed E-state index contributed by atoms with van der Waals surface area (Å²) in [6, 6.07) is 6.70. The summed E-state index contributed by atoms with van der Waals surface area (Å²) in [5.41, 5.74) is 3.36. The van der Waals surface area contributed by atoms with Crippen molar-refractivity contribution in [3.63, 3.8) is 0 Å². The van der Waals surface area contributed by atoms with Crippen LogP contribution in [0.4, 0.5) is 0 Å². The van der Waals surface area contributed by atoms with Gasteiger partial charge in [-0.15, -0.1) is 0 Å². The van der Waals surface area contributed by atoms with E-state index in [1.165, 1.54) is 31.2 Å². The summed E-state index contributed by atoms with van der Waals surface area (Å²) in [7, 11) is 4.23. The van der Waals surface area contributed by atoms with Gasteiger partial charge in [0.2, 0.25) is 0 Å². The Morgan fingerprint density at radius 1 is 1.23 bits per heavy atom. The quantitative estimate of drug-likeness (QED) is 0.591. The predicted molar refractivity (Wildman–Crippen MR) is 92.1 cm³/mol. The summed E-state index contributed by atoms with van der Waals surface area (Å²) in [6.07, 6.45) is 10.0. The number of fused-ring (bicyclic) bond motifs is 5. The third-order valence-corrected chi connectivity index (χ3v) is 6.81. The van der Waals surface area contributed by atoms with Crippen LogP contribution in [0, 0.1) is 17.3 Å². The lowest BCUT2D eigenvalue weighted by Gasteiger charge is -2.50. The first-order chi connectivity index (χ1) is 10.7. The van der Waals surface area contributed by atoms with Crippen LogP contribution < -0.4 is 4.74 Å². The molecular weight excluding hydrogens is 291 g/mol. The van der Waals surface area contributed by atoms with Crippen molar-refractivity contribution in [1.29, 1.82) is 0 Å². The van der Waals surface area contributed by atoms with Crippen molar-refractivity contribution in [3.8, 4) is 5.75 Å². The second-order valence-corrected chi connectivity index (χ2v) is 7.66. The minimum atomic E-state index is 0.265. The fourth-order valence-electron chi connectivity index (χ4n) is 5.30. The predicted octanol–water partition coefficient (Wildman–Crippen LogP) is 4.50. The molecule has 1 saturated carbocycles. The molecule has 4 unspecified atom stereocenters. The Bertz CT molecular complexity index is 611. The van der Waals surface area contributed by atoms with Gasteiger partial charge < -0.3 is 9.26 Å². The summed E-state index contributed by atoms with van der Waals surface area (Å²) in [5, 5.41) is 0. The summed E-state index contributed by atoms with van der Waals surface area (Å²) >= 11 is 0. The molecule has 3 aliphatic rings. The zero-order valence-electron chi connectivity index (χ0n) is 13.4. The molecule has 0 bridgehead atoms. The normalized spacial score (nSPS) is 39.0. The standard InChI is InChI=1S/C19H25O2P/c1-19-10-9-15-14-6-4-13(20-2)11-12(14)3-5-16(15)17(19)7-8-18(19)21-22/h4,6-8,11,15-18H,3,5,9-10,22H2,1-2H3/t15?,16?,17?,18-,19-/m0/s1. The number of rotatable bonds is 2. The SMILES string of the molecule is COc1ccc2c(c1)CCC1C2CC[C@@]2(C)C1C=C[C@@H]2OP. The van der Waals surface area contributed by atoms with E-state index in [4.69, 9.17) is 9.26 Å². The van der Waals surface area contributed by atoms with Crippen LogP contribution in [0.25, 0.3) is 0 Å². The molecule has 1 aromatic carbocycles. The number of benzene rings is 1. The molecule has 0 heterocycles. The van der Waals surface area contributed by atoms with Crippen LogP contribution in [0.3, 0.4) is 0 Å². The molecule has 1 fully saturated rings. The van der Waals surface area contributed by atoms with Crippen molar-refractivity contribution < 1.29 is 9.26 Å². The molecule has 22 heavy (non-hydrogen) atoms. The molecule has 6 atom stereocenters. The Labute approximate surface area is 135 Å². The molecule has 3 aliphatic carbocycles. The van der Waals surface area contributed by atoms with Gasteiger partial charge in [-0.3, -0.25) is 0 Å². The maximum Gasteiger partial charge on any atom is 0.119 e. The van der Waals surface area contributed by atoms with Crippen molar-refractivity contribution >= 4 is 9.47 Å². The van der Waals surface area contributed by atoms with Gasteiger partial charge in [0.1, 0.15) is 5.75 Å². The average molecular weight is 316 g/mol. The van der Waals surface area contributed by atoms with E-state index in [2.05, 4.69) is 46.7 Å². The lowest BCUT2D eigenvalue weighted by atomic mass is 9.55. The van der Waals surface area contributed by atoms with Crippen LogP contribution in [0.15, 0.2) is 30.4 Å². The summed E-state index contributed by atoms with van der Waals surface area (Å²) in [4.78, 5) is 0. The molecule has 2 nitrogen and oxygen atoms in total. The molecule has 0 aromatic heterocycles. The van der Waals surface area contributed by atoms with Crippen LogP contribution in [-0.2, 0) is 10.9 Å². The van der Waals surface area contributed by atoms with E-state index in [1.54, 1.807) is 12.7 Å². The highest BCUT2D eigenvalue weighted by Gasteiger charge is 2.52. The smallest absolute Gasteiger partial charge is 0.119 e. The Hall–Kier alpha value is -0.850. The number of hydrogen-bond acceptors (Lipinski definition) is 2. The molecule has 0 radical (unpaired) electrons. The average Bonchev–Trinajstić information content (AvgIpc) is 2.90. The number of methoxy groups -OCH3 is 1. The highest BCUT2D eigenvalue weighted by Crippen LogP contribution is 2.59. The van der Waals surface area contributed by atoms with E-state index in [1.807, 2.05) is 0 Å². The zero-order chi connectivity index (χ0) is 15.3. The van der Waals surface area contributed by atoms with Gasteiger partial charge in [0.15, 0.2) is 0 Å². The largest absolute Gasteiger partial charge is 0.497 e. The number of ether oxygens (including phenoxy) is 1. The van der Waals surface area contributed by atoms with Gasteiger partial charge in [0, 0.05) is 14.9 Å². The Morgan fingerprint density at radius 2 is 2.09 bits per heavy atom. The van der Waals surface area contributed by atoms with Gasteiger partial charge in [-0.05, 0) is 66.7 Å². The molecule has 0 spiro atoms. The summed E-state index contributed by atoms with van der Waals surface area (Å²) in [6.45, 7) is 2.42. The van der Waals surface area contributed by atoms with Gasteiger partial charge in [0.05, 0.1) is 13.2 Å². The number of hydrogen-bond donors (Lipinski definition) is 0. The minimum absolute atomic E-state index is 0.265. The molecule has 3 heteroatoms. The molecule has 118 valence electrons. The third kappa shape index (κ3) is 2.00. The maximum atomic E-state index is 5.68. The first-order valence-corrected chi connectivity index (χ1v) is 8.85. The number of allylic oxidation sites excluding steroid dienone is 1. The highest BCUT2D eigenvalue weighted by atomic mass is 31.0. The van der Waals surface area contributed by atoms with Crippen molar-refractivity contribution in [2.75, 3.05) is 7.11 Å². The second kappa shape index (κ2) is 5.35. The lowest BCUT2D eigenvalue weighted by Crippen LogP contribution is -2.44. The summed E-state index contributed by atoms with van der Waals surface area (Å²) < 4.78 is 11.1. The molecule has 4 rings (SSSR count). The lowest BCUT2D eigenvalue weighted by molar-refractivity contribution is 0.00906. The van der Waals surface area contributed by atoms with E-state index >= 15 is 0 Å². The van der Waals surface area contributed by atoms with E-state index in [-0.39, 0.29) is 11.5 Å². The molecule has 1 aromatic rings. The van der Waals surface area contributed by atoms with Crippen molar-refractivity contribution in [2.24, 2.45) is 17.3 Å². The van der Waals surface area contributed by atoms with Crippen LogP contribution >= 0.6 is 9.47 Å². The Kier molecular flexibility index (Phi) is 3.58. The van der Waals surface area contributed by atoms with Gasteiger partial charge in [-0.2, -0.15) is 0 Å². The third-order valence-electron chi connectivity index (χ3n) is 6.52. The van der Waals surface area contributed by atoms with Crippen LogP contribution in [0.1, 0.15) is 43.2 Å². The van der Waals surface area contributed by atoms with Crippen molar-refractivity contribution in [2.45, 2.75) is 44.6 Å². The fourth-order valence-corrected chi connectivity index (χ4v) is 5.70. The van der Waals surface area contributed by atoms with Crippen LogP contribution in [0.5, 0.6) is 5.75 Å². The van der Waals surface area contributed by atoms with E-state index < -0.39 is 0 Å². The van der Waals surface area contributed by atoms with Crippen molar-refractivity contribution in [3.05, 3.63) is 41.5 Å². The second-order valence-electron chi connectivity index (χ2n) is 7.39. The topological polar surface area (TPSA) is 18.5 Å². The van der Waals surface area contributed by atoms with Crippen LogP contribution in [-0.4, -0.2) is 13.2 Å². The van der Waals surface area contributed by atoms with Crippen LogP contribution in [0.2, 0.25) is 0 Å². The molecule has 0 saturated heterocycles. The molecule has 0 N–H and O–H groups in total. The highest BCUT2D eigenvalue weighted by molar-refractivity contribution is 7.09. The summed E-state index contributed by atoms with van der Waals surface area (Å²) in [5.74, 6) is 3.13. The molecule has 0 aliphatic heterocycles. The van der Waals surface area contributed by atoms with Gasteiger partial charge in [-0.25, -0.2) is 0 Å². The Morgan fingerprint density at radius 3 is 2.86 bits per heavy atom. The van der Waals surface area contributed by atoms with Gasteiger partial charge in [0.25, 0.3) is 0 Å². The first kappa shape index (κ1) is 14.7. The monoisotopic (exact) mass is 316 g/mol. The maximum absolute atomic E-state index is 5.68. The van der Waals surface area contributed by atoms with E-state index in [0.29, 0.717) is 11.8 Å². The minimum Gasteiger partial charge on any atom is -0.497 e. The molecular formula is C19H25O2P. The van der Waals surface area contributed by atoms with Crippen molar-refractivity contribution in [1.82, 2.24) is 0 Å².